The number of hydrogen-bond donors (Lipinski definition) is 2. The summed E-state index contributed by atoms with van der Waals surface area (Å²) in [5.74, 6) is -3.35. The van der Waals surface area contributed by atoms with Gasteiger partial charge in [-0.2, -0.15) is 26.3 Å². The van der Waals surface area contributed by atoms with Gasteiger partial charge in [-0.05, 0) is 18.2 Å². The Morgan fingerprint density at radius 1 is 0.943 bits per heavy atom. The Kier molecular flexibility index (Phi) is 7.42. The molecule has 0 atom stereocenters. The first kappa shape index (κ1) is 25.7. The Morgan fingerprint density at radius 2 is 1.54 bits per heavy atom. The molecular weight excluding hydrogens is 490 g/mol. The second-order valence-electron chi connectivity index (χ2n) is 7.01. The minimum atomic E-state index is -5.04. The molecule has 35 heavy (non-hydrogen) atoms. The first-order chi connectivity index (χ1) is 16.3. The van der Waals surface area contributed by atoms with Gasteiger partial charge < -0.3 is 9.64 Å². The zero-order valence-electron chi connectivity index (χ0n) is 17.5. The molecule has 0 spiro atoms. The van der Waals surface area contributed by atoms with Crippen LogP contribution in [-0.4, -0.2) is 63.7 Å². The van der Waals surface area contributed by atoms with Crippen molar-refractivity contribution in [2.24, 2.45) is 0 Å². The second-order valence-corrected chi connectivity index (χ2v) is 7.01. The number of carbonyl (C=O) groups is 3. The van der Waals surface area contributed by atoms with Gasteiger partial charge in [0, 0.05) is 30.9 Å². The highest BCUT2D eigenvalue weighted by Gasteiger charge is 2.37. The number of morpholine rings is 1. The third kappa shape index (κ3) is 6.78. The quantitative estimate of drug-likeness (QED) is 0.282. The van der Waals surface area contributed by atoms with E-state index in [2.05, 4.69) is 10.1 Å². The van der Waals surface area contributed by atoms with Gasteiger partial charge in [0.1, 0.15) is 6.33 Å². The van der Waals surface area contributed by atoms with Crippen molar-refractivity contribution in [3.05, 3.63) is 41.7 Å². The number of carbonyl (C=O) groups excluding carboxylic acids is 3. The topological polar surface area (TPSA) is 118 Å². The van der Waals surface area contributed by atoms with Crippen molar-refractivity contribution in [2.75, 3.05) is 26.3 Å². The Bertz CT molecular complexity index is 1110. The van der Waals surface area contributed by atoms with Gasteiger partial charge in [-0.3, -0.25) is 25.2 Å². The number of hydrazine groups is 1. The third-order valence-corrected chi connectivity index (χ3v) is 4.52. The van der Waals surface area contributed by atoms with Crippen molar-refractivity contribution in [3.8, 4) is 11.4 Å². The number of nitrogens with zero attached hydrogens (tertiary/aromatic N) is 4. The molecule has 1 saturated heterocycles. The number of nitrogens with one attached hydrogen (secondary N) is 2. The van der Waals surface area contributed by atoms with E-state index < -0.39 is 52.6 Å². The summed E-state index contributed by atoms with van der Waals surface area (Å²) in [6.45, 7) is 0.966. The number of ether oxygens (including phenoxy) is 1. The van der Waals surface area contributed by atoms with Gasteiger partial charge >= 0.3 is 24.2 Å². The van der Waals surface area contributed by atoms with Crippen LogP contribution in [-0.2, 0) is 31.5 Å². The summed E-state index contributed by atoms with van der Waals surface area (Å²) in [4.78, 5) is 40.5. The van der Waals surface area contributed by atoms with E-state index in [9.17, 15) is 40.7 Å². The summed E-state index contributed by atoms with van der Waals surface area (Å²) in [5, 5.41) is 3.73. The normalized spacial score (nSPS) is 14.7. The van der Waals surface area contributed by atoms with E-state index in [0.29, 0.717) is 12.1 Å². The highest BCUT2D eigenvalue weighted by Crippen LogP contribution is 2.38. The van der Waals surface area contributed by atoms with Crippen LogP contribution in [0.4, 0.5) is 26.3 Å². The van der Waals surface area contributed by atoms with E-state index in [0.717, 1.165) is 23.3 Å². The lowest BCUT2D eigenvalue weighted by atomic mass is 10.0. The summed E-state index contributed by atoms with van der Waals surface area (Å²) in [6.07, 6.45) is -7.34. The van der Waals surface area contributed by atoms with Gasteiger partial charge in [0.15, 0.2) is 5.82 Å². The van der Waals surface area contributed by atoms with E-state index in [-0.39, 0.29) is 32.4 Å². The molecule has 3 amide bonds. The maximum atomic E-state index is 13.0. The Hall–Kier alpha value is -3.95. The maximum Gasteiger partial charge on any atom is 0.416 e. The van der Waals surface area contributed by atoms with Crippen LogP contribution in [0.1, 0.15) is 11.1 Å². The zero-order valence-corrected chi connectivity index (χ0v) is 17.5. The van der Waals surface area contributed by atoms with Gasteiger partial charge in [0.05, 0.1) is 24.3 Å². The zero-order chi connectivity index (χ0) is 25.8. The fourth-order valence-corrected chi connectivity index (χ4v) is 2.83. The van der Waals surface area contributed by atoms with E-state index in [4.69, 9.17) is 4.74 Å². The van der Waals surface area contributed by atoms with Crippen molar-refractivity contribution in [1.29, 1.82) is 0 Å². The number of hydrogen-bond acceptors (Lipinski definition) is 6. The molecule has 0 bridgehead atoms. The average Bonchev–Trinajstić information content (AvgIpc) is 3.29. The third-order valence-electron chi connectivity index (χ3n) is 4.52. The van der Waals surface area contributed by atoms with E-state index in [1.807, 2.05) is 10.9 Å². The van der Waals surface area contributed by atoms with E-state index in [1.165, 1.54) is 4.90 Å². The van der Waals surface area contributed by atoms with Crippen molar-refractivity contribution in [3.63, 3.8) is 0 Å². The first-order valence-corrected chi connectivity index (χ1v) is 9.71. The fraction of sp³-hybridized carbons (Fsp3) is 0.316. The van der Waals surface area contributed by atoms with Gasteiger partial charge in [-0.25, -0.2) is 9.67 Å². The number of aromatic nitrogens is 3. The van der Waals surface area contributed by atoms with Crippen LogP contribution in [0.15, 0.2) is 30.6 Å². The molecule has 1 aliphatic rings. The fourth-order valence-electron chi connectivity index (χ4n) is 2.83. The molecule has 10 nitrogen and oxygen atoms in total. The smallest absolute Gasteiger partial charge is 0.378 e. The summed E-state index contributed by atoms with van der Waals surface area (Å²) >= 11 is 0. The predicted octanol–water partition coefficient (Wildman–Crippen LogP) is 1.46. The van der Waals surface area contributed by atoms with Crippen LogP contribution in [0.2, 0.25) is 0 Å². The Balaban J connectivity index is 1.65. The molecular formula is C19H16F6N6O4. The van der Waals surface area contributed by atoms with Crippen LogP contribution in [0.5, 0.6) is 0 Å². The molecule has 1 aliphatic heterocycles. The minimum Gasteiger partial charge on any atom is -0.378 e. The summed E-state index contributed by atoms with van der Waals surface area (Å²) in [5.41, 5.74) is 0.244. The number of benzene rings is 1. The lowest BCUT2D eigenvalue weighted by Crippen LogP contribution is -2.52. The first-order valence-electron chi connectivity index (χ1n) is 9.71. The number of rotatable bonds is 3. The molecule has 2 aromatic rings. The van der Waals surface area contributed by atoms with Gasteiger partial charge in [0.25, 0.3) is 5.91 Å². The molecule has 2 heterocycles. The van der Waals surface area contributed by atoms with E-state index >= 15 is 0 Å². The number of alkyl halides is 6. The van der Waals surface area contributed by atoms with Crippen LogP contribution < -0.4 is 10.9 Å². The molecule has 0 saturated carbocycles. The maximum absolute atomic E-state index is 13.0. The monoisotopic (exact) mass is 506 g/mol. The summed E-state index contributed by atoms with van der Waals surface area (Å²) in [6, 6.07) is 0.904. The largest absolute Gasteiger partial charge is 0.416 e. The van der Waals surface area contributed by atoms with Crippen LogP contribution >= 0.6 is 0 Å². The predicted molar refractivity (Wildman–Crippen MR) is 104 cm³/mol. The Labute approximate surface area is 192 Å². The van der Waals surface area contributed by atoms with Crippen LogP contribution in [0, 0.1) is 0 Å². The Morgan fingerprint density at radius 3 is 2.11 bits per heavy atom. The standard InChI is InChI=1S/C19H16F6N6O4/c20-18(21,22)12-7-11(8-13(9-12)19(23,24)25)15-26-10-31(29-15)2-1-14(32)27-28-16(33)17(34)30-3-5-35-6-4-30/h1-2,7-10H,3-6H2,(H,27,32)(H,28,33). The van der Waals surface area contributed by atoms with Gasteiger partial charge in [-0.1, -0.05) is 0 Å². The highest BCUT2D eigenvalue weighted by atomic mass is 19.4. The van der Waals surface area contributed by atoms with E-state index in [1.54, 1.807) is 0 Å². The van der Waals surface area contributed by atoms with Crippen molar-refractivity contribution in [2.45, 2.75) is 12.4 Å². The number of halogens is 6. The van der Waals surface area contributed by atoms with Crippen molar-refractivity contribution < 1.29 is 45.5 Å². The SMILES string of the molecule is O=C(C=Cn1cnc(-c2cc(C(F)(F)F)cc(C(F)(F)F)c2)n1)NNC(=O)C(=O)N1CCOCC1. The molecule has 3 rings (SSSR count). The molecule has 0 aliphatic carbocycles. The molecule has 1 aromatic heterocycles. The molecule has 1 aromatic carbocycles. The van der Waals surface area contributed by atoms with Gasteiger partial charge in [0.2, 0.25) is 0 Å². The lowest BCUT2D eigenvalue weighted by Gasteiger charge is -2.25. The molecule has 1 fully saturated rings. The van der Waals surface area contributed by atoms with Crippen molar-refractivity contribution in [1.82, 2.24) is 30.5 Å². The molecule has 188 valence electrons. The lowest BCUT2D eigenvalue weighted by molar-refractivity contribution is -0.149. The second kappa shape index (κ2) is 10.1. The van der Waals surface area contributed by atoms with Gasteiger partial charge in [-0.15, -0.1) is 5.10 Å². The van der Waals surface area contributed by atoms with Crippen LogP contribution in [0.25, 0.3) is 17.6 Å². The minimum absolute atomic E-state index is 0.0250. The molecule has 0 radical (unpaired) electrons. The average molecular weight is 506 g/mol. The molecule has 16 heteroatoms. The summed E-state index contributed by atoms with van der Waals surface area (Å²) < 4.78 is 84.0. The van der Waals surface area contributed by atoms with Crippen LogP contribution in [0.3, 0.4) is 0 Å². The number of amides is 3. The van der Waals surface area contributed by atoms with Crippen molar-refractivity contribution >= 4 is 23.9 Å². The summed E-state index contributed by atoms with van der Waals surface area (Å²) in [7, 11) is 0. The highest BCUT2D eigenvalue weighted by molar-refractivity contribution is 6.35. The molecule has 0 unspecified atom stereocenters. The molecule has 2 N–H and O–H groups in total.